The van der Waals surface area contributed by atoms with Crippen LogP contribution < -0.4 is 4.72 Å². The van der Waals surface area contributed by atoms with Crippen molar-refractivity contribution in [3.63, 3.8) is 0 Å². The molecule has 0 aliphatic rings. The fourth-order valence-electron chi connectivity index (χ4n) is 2.24. The summed E-state index contributed by atoms with van der Waals surface area (Å²) in [6.45, 7) is 0. The topological polar surface area (TPSA) is 74.8 Å². The van der Waals surface area contributed by atoms with E-state index in [-0.39, 0.29) is 16.7 Å². The molecule has 0 bridgehead atoms. The number of aromatic nitrogens is 2. The van der Waals surface area contributed by atoms with Crippen molar-refractivity contribution in [3.8, 4) is 0 Å². The first-order valence-corrected chi connectivity index (χ1v) is 8.62. The van der Waals surface area contributed by atoms with E-state index in [1.54, 1.807) is 0 Å². The molecule has 0 saturated heterocycles. The zero-order valence-corrected chi connectivity index (χ0v) is 13.8. The van der Waals surface area contributed by atoms with E-state index in [1.807, 2.05) is 4.98 Å². The Morgan fingerprint density at radius 3 is 2.07 bits per heavy atom. The summed E-state index contributed by atoms with van der Waals surface area (Å²) in [5.41, 5.74) is -1.19. The second kappa shape index (κ2) is 6.15. The first-order valence-electron chi connectivity index (χ1n) is 7.13. The monoisotopic (exact) mass is 409 g/mol. The molecule has 0 unspecified atom stereocenters. The number of aromatic amines is 1. The highest BCUT2D eigenvalue weighted by Gasteiger charge is 2.34. The number of sulfonamides is 1. The molecule has 5 nitrogen and oxygen atoms in total. The van der Waals surface area contributed by atoms with E-state index in [1.165, 1.54) is 12.1 Å². The largest absolute Gasteiger partial charge is 0.449 e. The van der Waals surface area contributed by atoms with Crippen molar-refractivity contribution in [1.29, 1.82) is 0 Å². The Labute approximate surface area is 148 Å². The predicted octanol–water partition coefficient (Wildman–Crippen LogP) is 4.40. The number of alkyl halides is 6. The van der Waals surface area contributed by atoms with E-state index in [0.29, 0.717) is 12.1 Å². The van der Waals surface area contributed by atoms with Crippen molar-refractivity contribution >= 4 is 26.7 Å². The molecule has 0 spiro atoms. The molecule has 0 aliphatic heterocycles. The molecule has 0 radical (unpaired) electrons. The van der Waals surface area contributed by atoms with E-state index in [4.69, 9.17) is 0 Å². The first kappa shape index (κ1) is 19.0. The summed E-state index contributed by atoms with van der Waals surface area (Å²) in [7, 11) is -4.24. The highest BCUT2D eigenvalue weighted by molar-refractivity contribution is 7.92. The van der Waals surface area contributed by atoms with Gasteiger partial charge in [-0.25, -0.2) is 13.4 Å². The van der Waals surface area contributed by atoms with Crippen molar-refractivity contribution in [2.75, 3.05) is 4.72 Å². The van der Waals surface area contributed by atoms with Crippen LogP contribution in [-0.2, 0) is 22.4 Å². The summed E-state index contributed by atoms with van der Waals surface area (Å²) in [4.78, 5) is 4.94. The second-order valence-electron chi connectivity index (χ2n) is 5.44. The SMILES string of the molecule is O=S(=O)(Nc1ccc2nc(C(F)(F)F)[nH]c2c1)c1ccc(C(F)(F)F)cc1. The summed E-state index contributed by atoms with van der Waals surface area (Å²) in [5, 5.41) is 0. The summed E-state index contributed by atoms with van der Waals surface area (Å²) < 4.78 is 102. The lowest BCUT2D eigenvalue weighted by Crippen LogP contribution is -2.13. The number of halogens is 6. The van der Waals surface area contributed by atoms with Crippen molar-refractivity contribution in [2.45, 2.75) is 17.2 Å². The van der Waals surface area contributed by atoms with Crippen LogP contribution >= 0.6 is 0 Å². The minimum Gasteiger partial charge on any atom is -0.334 e. The standard InChI is InChI=1S/C15H9F6N3O2S/c16-14(17,18)8-1-4-10(5-2-8)27(25,26)24-9-3-6-11-12(7-9)23-13(22-11)15(19,20)21/h1-7,24H,(H,22,23). The second-order valence-corrected chi connectivity index (χ2v) is 7.13. The van der Waals surface area contributed by atoms with E-state index < -0.39 is 38.7 Å². The van der Waals surface area contributed by atoms with Gasteiger partial charge in [-0.15, -0.1) is 0 Å². The van der Waals surface area contributed by atoms with Crippen LogP contribution in [0.15, 0.2) is 47.4 Å². The van der Waals surface area contributed by atoms with Crippen LogP contribution in [-0.4, -0.2) is 18.4 Å². The van der Waals surface area contributed by atoms with Crippen LogP contribution in [0.3, 0.4) is 0 Å². The minimum atomic E-state index is -4.70. The molecular formula is C15H9F6N3O2S. The molecule has 3 rings (SSSR count). The molecule has 2 aromatic carbocycles. The third-order valence-electron chi connectivity index (χ3n) is 3.49. The van der Waals surface area contributed by atoms with Gasteiger partial charge in [0.15, 0.2) is 0 Å². The smallest absolute Gasteiger partial charge is 0.334 e. The molecule has 2 N–H and O–H groups in total. The molecular weight excluding hydrogens is 400 g/mol. The van der Waals surface area contributed by atoms with Gasteiger partial charge in [-0.1, -0.05) is 0 Å². The molecule has 0 aliphatic carbocycles. The van der Waals surface area contributed by atoms with E-state index in [2.05, 4.69) is 9.71 Å². The van der Waals surface area contributed by atoms with E-state index in [0.717, 1.165) is 18.2 Å². The zero-order valence-electron chi connectivity index (χ0n) is 13.0. The Morgan fingerprint density at radius 2 is 1.52 bits per heavy atom. The summed E-state index contributed by atoms with van der Waals surface area (Å²) in [6, 6.07) is 6.24. The van der Waals surface area contributed by atoms with Gasteiger partial charge in [0.05, 0.1) is 27.2 Å². The first-order chi connectivity index (χ1) is 12.4. The number of anilines is 1. The Kier molecular flexibility index (Phi) is 4.33. The number of nitrogens with one attached hydrogen (secondary N) is 2. The Bertz CT molecular complexity index is 1090. The molecule has 144 valence electrons. The number of imidazole rings is 1. The average Bonchev–Trinajstić information content (AvgIpc) is 2.97. The maximum atomic E-state index is 12.7. The highest BCUT2D eigenvalue weighted by Crippen LogP contribution is 2.31. The van der Waals surface area contributed by atoms with Gasteiger partial charge < -0.3 is 4.98 Å². The molecule has 0 amide bonds. The quantitative estimate of drug-likeness (QED) is 0.630. The maximum Gasteiger partial charge on any atom is 0.449 e. The average molecular weight is 409 g/mol. The zero-order chi connectivity index (χ0) is 20.0. The van der Waals surface area contributed by atoms with Gasteiger partial charge in [-0.2, -0.15) is 26.3 Å². The third-order valence-corrected chi connectivity index (χ3v) is 4.89. The van der Waals surface area contributed by atoms with Gasteiger partial charge in [0.2, 0.25) is 5.82 Å². The molecule has 1 heterocycles. The van der Waals surface area contributed by atoms with Gasteiger partial charge in [0.1, 0.15) is 0 Å². The summed E-state index contributed by atoms with van der Waals surface area (Å²) in [6.07, 6.45) is -9.31. The highest BCUT2D eigenvalue weighted by atomic mass is 32.2. The van der Waals surface area contributed by atoms with Crippen LogP contribution in [0.1, 0.15) is 11.4 Å². The molecule has 0 atom stereocenters. The molecule has 12 heteroatoms. The van der Waals surface area contributed by atoms with Crippen LogP contribution in [0.4, 0.5) is 32.0 Å². The van der Waals surface area contributed by atoms with Crippen molar-refractivity contribution < 1.29 is 34.8 Å². The fourth-order valence-corrected chi connectivity index (χ4v) is 3.29. The molecule has 0 fully saturated rings. The maximum absolute atomic E-state index is 12.7. The lowest BCUT2D eigenvalue weighted by molar-refractivity contribution is -0.144. The summed E-state index contributed by atoms with van der Waals surface area (Å²) >= 11 is 0. The molecule has 0 saturated carbocycles. The Morgan fingerprint density at radius 1 is 0.889 bits per heavy atom. The number of rotatable bonds is 3. The minimum absolute atomic E-state index is 0.0280. The lowest BCUT2D eigenvalue weighted by Gasteiger charge is -2.10. The van der Waals surface area contributed by atoms with Crippen LogP contribution in [0, 0.1) is 0 Å². The molecule has 1 aromatic heterocycles. The molecule has 3 aromatic rings. The van der Waals surface area contributed by atoms with Gasteiger partial charge in [-0.3, -0.25) is 4.72 Å². The predicted molar refractivity (Wildman–Crippen MR) is 83.3 cm³/mol. The van der Waals surface area contributed by atoms with Crippen LogP contribution in [0.2, 0.25) is 0 Å². The number of hydrogen-bond donors (Lipinski definition) is 2. The van der Waals surface area contributed by atoms with Crippen molar-refractivity contribution in [2.24, 2.45) is 0 Å². The van der Waals surface area contributed by atoms with Gasteiger partial charge in [0.25, 0.3) is 10.0 Å². The normalized spacial score (nSPS) is 13.1. The Hall–Kier alpha value is -2.76. The van der Waals surface area contributed by atoms with Crippen molar-refractivity contribution in [3.05, 3.63) is 53.9 Å². The number of benzene rings is 2. The summed E-state index contributed by atoms with van der Waals surface area (Å²) in [5.74, 6) is -1.24. The van der Waals surface area contributed by atoms with Crippen molar-refractivity contribution in [1.82, 2.24) is 9.97 Å². The number of hydrogen-bond acceptors (Lipinski definition) is 3. The van der Waals surface area contributed by atoms with Gasteiger partial charge in [0, 0.05) is 0 Å². The lowest BCUT2D eigenvalue weighted by atomic mass is 10.2. The van der Waals surface area contributed by atoms with Gasteiger partial charge in [-0.05, 0) is 42.5 Å². The Balaban J connectivity index is 1.89. The van der Waals surface area contributed by atoms with Gasteiger partial charge >= 0.3 is 12.4 Å². The van der Waals surface area contributed by atoms with E-state index in [9.17, 15) is 34.8 Å². The fraction of sp³-hybridized carbons (Fsp3) is 0.133. The van der Waals surface area contributed by atoms with Crippen LogP contribution in [0.5, 0.6) is 0 Å². The van der Waals surface area contributed by atoms with E-state index >= 15 is 0 Å². The number of H-pyrrole nitrogens is 1. The number of nitrogens with zero attached hydrogens (tertiary/aromatic N) is 1. The molecule has 27 heavy (non-hydrogen) atoms. The third kappa shape index (κ3) is 3.99. The number of fused-ring (bicyclic) bond motifs is 1. The van der Waals surface area contributed by atoms with Crippen LogP contribution in [0.25, 0.3) is 11.0 Å².